The number of benzene rings is 1. The predicted octanol–water partition coefficient (Wildman–Crippen LogP) is 2.81. The Morgan fingerprint density at radius 2 is 1.88 bits per heavy atom. The van der Waals surface area contributed by atoms with Gasteiger partial charge in [0, 0.05) is 30.7 Å². The number of hydrogen-bond donors (Lipinski definition) is 0. The van der Waals surface area contributed by atoms with Crippen molar-refractivity contribution in [3.05, 3.63) is 34.4 Å². The van der Waals surface area contributed by atoms with Gasteiger partial charge in [-0.15, -0.1) is 0 Å². The molecule has 0 saturated carbocycles. The molecule has 1 saturated heterocycles. The zero-order chi connectivity index (χ0) is 12.4. The first-order valence-corrected chi connectivity index (χ1v) is 6.64. The fourth-order valence-corrected chi connectivity index (χ4v) is 2.69. The number of carbonyl (C=O) groups is 1. The topological polar surface area (TPSA) is 20.3 Å². The standard InChI is InChI=1S/C11H10ClF2NOS/c12-8-5-7(9(13)6-10(8)14)11(16)15-1-3-17-4-2-15/h5-6H,1-4H2. The highest BCUT2D eigenvalue weighted by molar-refractivity contribution is 7.99. The first kappa shape index (κ1) is 12.6. The maximum Gasteiger partial charge on any atom is 0.256 e. The van der Waals surface area contributed by atoms with Crippen molar-refractivity contribution in [1.29, 1.82) is 0 Å². The van der Waals surface area contributed by atoms with Crippen LogP contribution < -0.4 is 0 Å². The van der Waals surface area contributed by atoms with Crippen LogP contribution in [0.15, 0.2) is 12.1 Å². The highest BCUT2D eigenvalue weighted by atomic mass is 35.5. The van der Waals surface area contributed by atoms with E-state index < -0.39 is 17.5 Å². The van der Waals surface area contributed by atoms with Crippen molar-refractivity contribution < 1.29 is 13.6 Å². The largest absolute Gasteiger partial charge is 0.337 e. The minimum absolute atomic E-state index is 0.164. The Balaban J connectivity index is 2.26. The molecule has 1 aliphatic rings. The average molecular weight is 278 g/mol. The summed E-state index contributed by atoms with van der Waals surface area (Å²) in [6, 6.07) is 1.70. The molecule has 0 aromatic heterocycles. The van der Waals surface area contributed by atoms with Gasteiger partial charge in [0.1, 0.15) is 11.6 Å². The second-order valence-electron chi connectivity index (χ2n) is 3.65. The van der Waals surface area contributed by atoms with E-state index in [-0.39, 0.29) is 10.6 Å². The van der Waals surface area contributed by atoms with Gasteiger partial charge in [0.2, 0.25) is 0 Å². The Bertz CT molecular complexity index is 449. The molecule has 0 aliphatic carbocycles. The number of amides is 1. The van der Waals surface area contributed by atoms with Crippen molar-refractivity contribution in [3.8, 4) is 0 Å². The number of nitrogens with zero attached hydrogens (tertiary/aromatic N) is 1. The van der Waals surface area contributed by atoms with Crippen LogP contribution in [-0.4, -0.2) is 35.4 Å². The molecule has 0 N–H and O–H groups in total. The molecule has 1 aliphatic heterocycles. The van der Waals surface area contributed by atoms with E-state index in [0.717, 1.165) is 17.6 Å². The molecule has 1 fully saturated rings. The van der Waals surface area contributed by atoms with Crippen molar-refractivity contribution in [1.82, 2.24) is 4.90 Å². The van der Waals surface area contributed by atoms with Gasteiger partial charge in [0.15, 0.2) is 0 Å². The molecule has 1 aromatic rings. The Hall–Kier alpha value is -0.810. The first-order valence-electron chi connectivity index (χ1n) is 5.11. The molecule has 0 unspecified atom stereocenters. The minimum atomic E-state index is -0.866. The molecule has 1 heterocycles. The normalized spacial score (nSPS) is 16.1. The third-order valence-electron chi connectivity index (χ3n) is 2.54. The second kappa shape index (κ2) is 5.23. The molecule has 0 radical (unpaired) electrons. The quantitative estimate of drug-likeness (QED) is 0.736. The van der Waals surface area contributed by atoms with E-state index in [9.17, 15) is 13.6 Å². The fraction of sp³-hybridized carbons (Fsp3) is 0.364. The van der Waals surface area contributed by atoms with Crippen molar-refractivity contribution in [2.75, 3.05) is 24.6 Å². The van der Waals surface area contributed by atoms with E-state index in [2.05, 4.69) is 0 Å². The zero-order valence-corrected chi connectivity index (χ0v) is 10.5. The lowest BCUT2D eigenvalue weighted by atomic mass is 10.1. The van der Waals surface area contributed by atoms with Crippen LogP contribution in [0.3, 0.4) is 0 Å². The molecular formula is C11H10ClF2NOS. The molecule has 92 valence electrons. The molecule has 17 heavy (non-hydrogen) atoms. The summed E-state index contributed by atoms with van der Waals surface area (Å²) in [6.45, 7) is 1.16. The molecule has 1 aromatic carbocycles. The zero-order valence-electron chi connectivity index (χ0n) is 8.88. The van der Waals surface area contributed by atoms with E-state index in [0.29, 0.717) is 19.2 Å². The van der Waals surface area contributed by atoms with Crippen LogP contribution in [0.5, 0.6) is 0 Å². The van der Waals surface area contributed by atoms with Crippen LogP contribution in [0.25, 0.3) is 0 Å². The van der Waals surface area contributed by atoms with Crippen LogP contribution in [-0.2, 0) is 0 Å². The molecule has 1 amide bonds. The SMILES string of the molecule is O=C(c1cc(Cl)c(F)cc1F)N1CCSCC1. The van der Waals surface area contributed by atoms with Crippen molar-refractivity contribution in [3.63, 3.8) is 0 Å². The molecule has 0 spiro atoms. The molecule has 2 nitrogen and oxygen atoms in total. The molecule has 6 heteroatoms. The smallest absolute Gasteiger partial charge is 0.256 e. The summed E-state index contributed by atoms with van der Waals surface area (Å²) in [4.78, 5) is 13.5. The van der Waals surface area contributed by atoms with Crippen molar-refractivity contribution in [2.45, 2.75) is 0 Å². The summed E-state index contributed by atoms with van der Waals surface area (Å²) in [5, 5.41) is -0.235. The third-order valence-corrected chi connectivity index (χ3v) is 3.77. The number of hydrogen-bond acceptors (Lipinski definition) is 2. The molecular weight excluding hydrogens is 268 g/mol. The van der Waals surface area contributed by atoms with Crippen LogP contribution in [0, 0.1) is 11.6 Å². The van der Waals surface area contributed by atoms with E-state index in [1.807, 2.05) is 0 Å². The van der Waals surface area contributed by atoms with Crippen LogP contribution in [0.4, 0.5) is 8.78 Å². The molecule has 2 rings (SSSR count). The van der Waals surface area contributed by atoms with E-state index >= 15 is 0 Å². The fourth-order valence-electron chi connectivity index (χ4n) is 1.62. The maximum atomic E-state index is 13.5. The summed E-state index contributed by atoms with van der Waals surface area (Å²) >= 11 is 7.30. The number of rotatable bonds is 1. The van der Waals surface area contributed by atoms with Gasteiger partial charge in [-0.25, -0.2) is 8.78 Å². The van der Waals surface area contributed by atoms with Crippen LogP contribution in [0.1, 0.15) is 10.4 Å². The molecule has 0 bridgehead atoms. The van der Waals surface area contributed by atoms with Gasteiger partial charge in [-0.2, -0.15) is 11.8 Å². The van der Waals surface area contributed by atoms with Crippen molar-refractivity contribution in [2.24, 2.45) is 0 Å². The Labute approximate surface area is 107 Å². The van der Waals surface area contributed by atoms with Crippen molar-refractivity contribution >= 4 is 29.3 Å². The van der Waals surface area contributed by atoms with Gasteiger partial charge >= 0.3 is 0 Å². The lowest BCUT2D eigenvalue weighted by Gasteiger charge is -2.26. The van der Waals surface area contributed by atoms with E-state index in [1.54, 1.807) is 16.7 Å². The van der Waals surface area contributed by atoms with E-state index in [1.165, 1.54) is 0 Å². The van der Waals surface area contributed by atoms with Gasteiger partial charge in [-0.1, -0.05) is 11.6 Å². The lowest BCUT2D eigenvalue weighted by Crippen LogP contribution is -2.38. The summed E-state index contributed by atoms with van der Waals surface area (Å²) in [5.41, 5.74) is -0.164. The summed E-state index contributed by atoms with van der Waals surface area (Å²) in [7, 11) is 0. The number of halogens is 3. The Morgan fingerprint density at radius 1 is 1.24 bits per heavy atom. The highest BCUT2D eigenvalue weighted by Crippen LogP contribution is 2.21. The minimum Gasteiger partial charge on any atom is -0.337 e. The van der Waals surface area contributed by atoms with Gasteiger partial charge in [0.25, 0.3) is 5.91 Å². The van der Waals surface area contributed by atoms with Gasteiger partial charge in [-0.05, 0) is 6.07 Å². The Morgan fingerprint density at radius 3 is 2.53 bits per heavy atom. The maximum absolute atomic E-state index is 13.5. The second-order valence-corrected chi connectivity index (χ2v) is 5.28. The lowest BCUT2D eigenvalue weighted by molar-refractivity contribution is 0.0767. The summed E-state index contributed by atoms with van der Waals surface area (Å²) < 4.78 is 26.4. The number of carbonyl (C=O) groups excluding carboxylic acids is 1. The summed E-state index contributed by atoms with van der Waals surface area (Å²) in [5.74, 6) is -0.473. The highest BCUT2D eigenvalue weighted by Gasteiger charge is 2.22. The predicted molar refractivity (Wildman–Crippen MR) is 64.6 cm³/mol. The van der Waals surface area contributed by atoms with Gasteiger partial charge in [-0.3, -0.25) is 4.79 Å². The van der Waals surface area contributed by atoms with Crippen LogP contribution >= 0.6 is 23.4 Å². The average Bonchev–Trinajstić information content (AvgIpc) is 2.34. The van der Waals surface area contributed by atoms with Gasteiger partial charge < -0.3 is 4.90 Å². The summed E-state index contributed by atoms with van der Waals surface area (Å²) in [6.07, 6.45) is 0. The van der Waals surface area contributed by atoms with E-state index in [4.69, 9.17) is 11.6 Å². The monoisotopic (exact) mass is 277 g/mol. The van der Waals surface area contributed by atoms with Gasteiger partial charge in [0.05, 0.1) is 10.6 Å². The number of thioether (sulfide) groups is 1. The van der Waals surface area contributed by atoms with Crippen LogP contribution in [0.2, 0.25) is 5.02 Å². The Kier molecular flexibility index (Phi) is 3.89. The first-order chi connectivity index (χ1) is 8.09. The molecule has 0 atom stereocenters. The third kappa shape index (κ3) is 2.72.